The second kappa shape index (κ2) is 6.91. The highest BCUT2D eigenvalue weighted by Gasteiger charge is 2.37. The minimum atomic E-state index is -0.656. The summed E-state index contributed by atoms with van der Waals surface area (Å²) in [5.74, 6) is 0.717. The van der Waals surface area contributed by atoms with E-state index in [2.05, 4.69) is 39.0 Å². The molecule has 2 heteroatoms. The normalized spacial score (nSPS) is 28.2. The molecule has 0 aromatic carbocycles. The van der Waals surface area contributed by atoms with E-state index in [-0.39, 0.29) is 11.5 Å². The first-order valence-corrected chi connectivity index (χ1v) is 8.33. The van der Waals surface area contributed by atoms with E-state index in [1.165, 1.54) is 18.4 Å². The quantitative estimate of drug-likeness (QED) is 0.720. The van der Waals surface area contributed by atoms with Gasteiger partial charge in [-0.25, -0.2) is 0 Å². The van der Waals surface area contributed by atoms with Crippen molar-refractivity contribution in [2.24, 2.45) is 11.8 Å². The molecule has 2 nitrogen and oxygen atoms in total. The summed E-state index contributed by atoms with van der Waals surface area (Å²) in [6.45, 7) is 6.66. The van der Waals surface area contributed by atoms with Crippen LogP contribution in [0.2, 0.25) is 0 Å². The molecule has 1 saturated carbocycles. The Morgan fingerprint density at radius 2 is 2.05 bits per heavy atom. The summed E-state index contributed by atoms with van der Waals surface area (Å²) in [5, 5.41) is 10.5. The Morgan fingerprint density at radius 1 is 1.35 bits per heavy atom. The van der Waals surface area contributed by atoms with Gasteiger partial charge in [-0.05, 0) is 38.0 Å². The Labute approximate surface area is 123 Å². The van der Waals surface area contributed by atoms with Gasteiger partial charge in [0.05, 0.1) is 5.60 Å². The van der Waals surface area contributed by atoms with Crippen molar-refractivity contribution < 1.29 is 9.84 Å². The van der Waals surface area contributed by atoms with Gasteiger partial charge in [-0.3, -0.25) is 0 Å². The summed E-state index contributed by atoms with van der Waals surface area (Å²) >= 11 is 0. The van der Waals surface area contributed by atoms with Crippen molar-refractivity contribution in [2.45, 2.75) is 77.6 Å². The topological polar surface area (TPSA) is 29.5 Å². The molecule has 0 amide bonds. The zero-order valence-electron chi connectivity index (χ0n) is 13.3. The van der Waals surface area contributed by atoms with Crippen LogP contribution in [0.15, 0.2) is 23.8 Å². The maximum atomic E-state index is 10.5. The zero-order chi connectivity index (χ0) is 14.6. The van der Waals surface area contributed by atoms with E-state index in [0.29, 0.717) is 5.92 Å². The molecule has 0 radical (unpaired) electrons. The van der Waals surface area contributed by atoms with E-state index in [4.69, 9.17) is 4.74 Å². The van der Waals surface area contributed by atoms with Gasteiger partial charge in [0.2, 0.25) is 0 Å². The molecule has 114 valence electrons. The van der Waals surface area contributed by atoms with E-state index in [0.717, 1.165) is 32.1 Å². The van der Waals surface area contributed by atoms with Crippen LogP contribution in [0.5, 0.6) is 0 Å². The molecule has 0 spiro atoms. The molecular formula is C18H30O2. The van der Waals surface area contributed by atoms with E-state index >= 15 is 0 Å². The van der Waals surface area contributed by atoms with Crippen LogP contribution in [-0.2, 0) is 4.74 Å². The van der Waals surface area contributed by atoms with E-state index in [9.17, 15) is 5.11 Å². The predicted molar refractivity (Wildman–Crippen MR) is 83.4 cm³/mol. The van der Waals surface area contributed by atoms with Crippen LogP contribution in [0.3, 0.4) is 0 Å². The Balaban J connectivity index is 1.95. The number of hydrogen-bond donors (Lipinski definition) is 1. The number of allylic oxidation sites excluding steroid dienone is 3. The summed E-state index contributed by atoms with van der Waals surface area (Å²) in [6.07, 6.45) is 13.5. The third-order valence-electron chi connectivity index (χ3n) is 5.28. The highest BCUT2D eigenvalue weighted by Crippen LogP contribution is 2.39. The fourth-order valence-electron chi connectivity index (χ4n) is 3.47. The van der Waals surface area contributed by atoms with Gasteiger partial charge < -0.3 is 9.84 Å². The first-order valence-electron chi connectivity index (χ1n) is 8.33. The second-order valence-corrected chi connectivity index (χ2v) is 6.56. The van der Waals surface area contributed by atoms with Crippen LogP contribution in [0.25, 0.3) is 0 Å². The lowest BCUT2D eigenvalue weighted by Gasteiger charge is -2.34. The predicted octanol–water partition coefficient (Wildman–Crippen LogP) is 4.59. The molecule has 1 fully saturated rings. The minimum absolute atomic E-state index is 0.0645. The Morgan fingerprint density at radius 3 is 2.65 bits per heavy atom. The summed E-state index contributed by atoms with van der Waals surface area (Å²) in [4.78, 5) is 0. The lowest BCUT2D eigenvalue weighted by molar-refractivity contribution is -0.201. The number of rotatable bonds is 6. The van der Waals surface area contributed by atoms with Gasteiger partial charge in [0.1, 0.15) is 0 Å². The molecule has 1 N–H and O–H groups in total. The van der Waals surface area contributed by atoms with Gasteiger partial charge in [0, 0.05) is 5.92 Å². The fourth-order valence-corrected chi connectivity index (χ4v) is 3.47. The number of aliphatic hydroxyl groups excluding tert-OH is 1. The first kappa shape index (κ1) is 15.8. The lowest BCUT2D eigenvalue weighted by Crippen LogP contribution is -2.37. The molecule has 2 aliphatic carbocycles. The van der Waals surface area contributed by atoms with Gasteiger partial charge in [-0.2, -0.15) is 0 Å². The van der Waals surface area contributed by atoms with E-state index in [1.807, 2.05) is 0 Å². The van der Waals surface area contributed by atoms with E-state index < -0.39 is 6.29 Å². The highest BCUT2D eigenvalue weighted by atomic mass is 16.6. The van der Waals surface area contributed by atoms with Gasteiger partial charge in [-0.1, -0.05) is 57.4 Å². The van der Waals surface area contributed by atoms with Crippen LogP contribution >= 0.6 is 0 Å². The molecule has 0 aliphatic heterocycles. The zero-order valence-corrected chi connectivity index (χ0v) is 13.3. The van der Waals surface area contributed by atoms with Crippen LogP contribution in [0.4, 0.5) is 0 Å². The summed E-state index contributed by atoms with van der Waals surface area (Å²) in [6, 6.07) is 0. The van der Waals surface area contributed by atoms with Crippen molar-refractivity contribution in [1.29, 1.82) is 0 Å². The molecule has 0 aromatic rings. The van der Waals surface area contributed by atoms with Gasteiger partial charge >= 0.3 is 0 Å². The maximum Gasteiger partial charge on any atom is 0.161 e. The number of hydrogen-bond acceptors (Lipinski definition) is 2. The largest absolute Gasteiger partial charge is 0.367 e. The average molecular weight is 278 g/mol. The summed E-state index contributed by atoms with van der Waals surface area (Å²) in [5.41, 5.74) is 1.38. The van der Waals surface area contributed by atoms with Crippen LogP contribution in [0, 0.1) is 11.8 Å². The maximum absolute atomic E-state index is 10.5. The minimum Gasteiger partial charge on any atom is -0.367 e. The van der Waals surface area contributed by atoms with Gasteiger partial charge in [0.25, 0.3) is 0 Å². The second-order valence-electron chi connectivity index (χ2n) is 6.56. The van der Waals surface area contributed by atoms with Gasteiger partial charge in [0.15, 0.2) is 6.29 Å². The fraction of sp³-hybridized carbons (Fsp3) is 0.778. The van der Waals surface area contributed by atoms with E-state index in [1.54, 1.807) is 0 Å². The van der Waals surface area contributed by atoms with Crippen molar-refractivity contribution in [1.82, 2.24) is 0 Å². The average Bonchev–Trinajstić information content (AvgIpc) is 2.95. The standard InChI is InChI=1S/C18H30O2/c1-4-14(3)15-9-8-10-16(13-15)17(19)20-18(5-2)11-6-7-12-18/h8-10,14,16-17,19H,4-7,11-13H2,1-3H3. The highest BCUT2D eigenvalue weighted by molar-refractivity contribution is 5.22. The summed E-state index contributed by atoms with van der Waals surface area (Å²) in [7, 11) is 0. The molecule has 2 aliphatic rings. The summed E-state index contributed by atoms with van der Waals surface area (Å²) < 4.78 is 6.13. The van der Waals surface area contributed by atoms with Crippen molar-refractivity contribution in [2.75, 3.05) is 0 Å². The monoisotopic (exact) mass is 278 g/mol. The van der Waals surface area contributed by atoms with Crippen LogP contribution < -0.4 is 0 Å². The molecule has 0 bridgehead atoms. The number of aliphatic hydroxyl groups is 1. The molecule has 0 heterocycles. The van der Waals surface area contributed by atoms with Crippen molar-refractivity contribution in [3.63, 3.8) is 0 Å². The Kier molecular flexibility index (Phi) is 5.45. The third kappa shape index (κ3) is 3.53. The molecule has 20 heavy (non-hydrogen) atoms. The lowest BCUT2D eigenvalue weighted by atomic mass is 9.85. The Bertz CT molecular complexity index is 364. The van der Waals surface area contributed by atoms with Gasteiger partial charge in [-0.15, -0.1) is 0 Å². The van der Waals surface area contributed by atoms with Crippen molar-refractivity contribution in [3.8, 4) is 0 Å². The number of ether oxygens (including phenoxy) is 1. The molecule has 2 rings (SSSR count). The molecule has 0 aromatic heterocycles. The molecule has 0 saturated heterocycles. The Hall–Kier alpha value is -0.600. The first-order chi connectivity index (χ1) is 9.60. The molecule has 3 atom stereocenters. The van der Waals surface area contributed by atoms with Crippen molar-refractivity contribution >= 4 is 0 Å². The SMILES string of the molecule is CCC(C)C1=CC=CC(C(O)OC2(CC)CCCC2)C1. The third-order valence-corrected chi connectivity index (χ3v) is 5.28. The molecule has 3 unspecified atom stereocenters. The molecular weight excluding hydrogens is 248 g/mol. The van der Waals surface area contributed by atoms with Crippen LogP contribution in [-0.4, -0.2) is 17.0 Å². The van der Waals surface area contributed by atoms with Crippen molar-refractivity contribution in [3.05, 3.63) is 23.8 Å². The van der Waals surface area contributed by atoms with Crippen LogP contribution in [0.1, 0.15) is 65.7 Å². The smallest absolute Gasteiger partial charge is 0.161 e.